The van der Waals surface area contributed by atoms with E-state index in [1.807, 2.05) is 29.2 Å². The topological polar surface area (TPSA) is 42.0 Å². The maximum atomic E-state index is 12.8. The minimum Gasteiger partial charge on any atom is -0.493 e. The van der Waals surface area contributed by atoms with Crippen LogP contribution in [0.3, 0.4) is 0 Å². The van der Waals surface area contributed by atoms with Crippen LogP contribution in [0.4, 0.5) is 0 Å². The number of hydrogen-bond donors (Lipinski definition) is 0. The summed E-state index contributed by atoms with van der Waals surface area (Å²) >= 11 is 0. The first kappa shape index (κ1) is 19.2. The first-order chi connectivity index (χ1) is 13.0. The Morgan fingerprint density at radius 2 is 1.74 bits per heavy atom. The molecule has 27 heavy (non-hydrogen) atoms. The van der Waals surface area contributed by atoms with Crippen LogP contribution < -0.4 is 9.47 Å². The van der Waals surface area contributed by atoms with Gasteiger partial charge in [0.2, 0.25) is 0 Å². The van der Waals surface area contributed by atoms with Gasteiger partial charge in [0.1, 0.15) is 0 Å². The molecule has 1 aliphatic heterocycles. The largest absolute Gasteiger partial charge is 0.493 e. The smallest absolute Gasteiger partial charge is 0.260 e. The highest BCUT2D eigenvalue weighted by atomic mass is 16.5. The molecular formula is C22H28N2O3. The van der Waals surface area contributed by atoms with Gasteiger partial charge < -0.3 is 19.3 Å². The molecule has 1 heterocycles. The lowest BCUT2D eigenvalue weighted by atomic mass is 9.93. The number of carbonyl (C=O) groups is 1. The summed E-state index contributed by atoms with van der Waals surface area (Å²) in [7, 11) is 5.74. The van der Waals surface area contributed by atoms with E-state index >= 15 is 0 Å². The van der Waals surface area contributed by atoms with Gasteiger partial charge in [-0.3, -0.25) is 4.79 Å². The highest BCUT2D eigenvalue weighted by molar-refractivity contribution is 5.78. The van der Waals surface area contributed by atoms with Crippen molar-refractivity contribution in [2.24, 2.45) is 0 Å². The maximum Gasteiger partial charge on any atom is 0.260 e. The molecule has 5 heteroatoms. The lowest BCUT2D eigenvalue weighted by Gasteiger charge is -2.25. The van der Waals surface area contributed by atoms with Crippen molar-refractivity contribution in [1.29, 1.82) is 0 Å². The van der Waals surface area contributed by atoms with Crippen molar-refractivity contribution in [1.82, 2.24) is 9.80 Å². The van der Waals surface area contributed by atoms with Crippen LogP contribution in [0.5, 0.6) is 11.5 Å². The van der Waals surface area contributed by atoms with Gasteiger partial charge in [-0.05, 0) is 38.7 Å². The Labute approximate surface area is 161 Å². The third kappa shape index (κ3) is 4.42. The van der Waals surface area contributed by atoms with Crippen molar-refractivity contribution in [2.75, 3.05) is 40.9 Å². The van der Waals surface area contributed by atoms with E-state index in [4.69, 9.17) is 9.47 Å². The van der Waals surface area contributed by atoms with Crippen molar-refractivity contribution in [3.63, 3.8) is 0 Å². The molecule has 5 nitrogen and oxygen atoms in total. The monoisotopic (exact) mass is 368 g/mol. The first-order valence-corrected chi connectivity index (χ1v) is 9.26. The molecular weight excluding hydrogens is 340 g/mol. The molecule has 2 aromatic carbocycles. The third-order valence-electron chi connectivity index (χ3n) is 5.23. The molecule has 1 saturated heterocycles. The van der Waals surface area contributed by atoms with Crippen molar-refractivity contribution in [3.05, 3.63) is 59.7 Å². The molecule has 2 aromatic rings. The number of para-hydroxylation sites is 2. The van der Waals surface area contributed by atoms with Crippen molar-refractivity contribution >= 4 is 5.91 Å². The summed E-state index contributed by atoms with van der Waals surface area (Å²) in [6, 6.07) is 16.3. The van der Waals surface area contributed by atoms with E-state index in [2.05, 4.69) is 50.2 Å². The van der Waals surface area contributed by atoms with Crippen LogP contribution in [-0.2, 0) is 4.79 Å². The van der Waals surface area contributed by atoms with Crippen LogP contribution in [0.2, 0.25) is 0 Å². The number of methoxy groups -OCH3 is 1. The summed E-state index contributed by atoms with van der Waals surface area (Å²) < 4.78 is 11.0. The van der Waals surface area contributed by atoms with Gasteiger partial charge in [-0.25, -0.2) is 0 Å². The highest BCUT2D eigenvalue weighted by Gasteiger charge is 2.37. The molecule has 0 N–H and O–H groups in total. The average molecular weight is 368 g/mol. The quantitative estimate of drug-likeness (QED) is 0.786. The Morgan fingerprint density at radius 1 is 1.07 bits per heavy atom. The van der Waals surface area contributed by atoms with E-state index in [9.17, 15) is 4.79 Å². The molecule has 1 fully saturated rings. The van der Waals surface area contributed by atoms with Crippen LogP contribution in [0.1, 0.15) is 17.0 Å². The van der Waals surface area contributed by atoms with Crippen LogP contribution in [0, 0.1) is 6.92 Å². The molecule has 2 atom stereocenters. The molecule has 0 radical (unpaired) electrons. The Kier molecular flexibility index (Phi) is 6.01. The summed E-state index contributed by atoms with van der Waals surface area (Å²) in [5.74, 6) is 1.53. The van der Waals surface area contributed by atoms with E-state index in [0.29, 0.717) is 36.5 Å². The maximum absolute atomic E-state index is 12.8. The van der Waals surface area contributed by atoms with Crippen molar-refractivity contribution < 1.29 is 14.3 Å². The van der Waals surface area contributed by atoms with Gasteiger partial charge >= 0.3 is 0 Å². The van der Waals surface area contributed by atoms with Crippen LogP contribution in [-0.4, -0.2) is 62.7 Å². The zero-order chi connectivity index (χ0) is 19.4. The zero-order valence-corrected chi connectivity index (χ0v) is 16.5. The van der Waals surface area contributed by atoms with Crippen LogP contribution in [0.15, 0.2) is 48.5 Å². The highest BCUT2D eigenvalue weighted by Crippen LogP contribution is 2.31. The number of hydrogen-bond acceptors (Lipinski definition) is 4. The molecule has 3 rings (SSSR count). The second kappa shape index (κ2) is 8.44. The van der Waals surface area contributed by atoms with Gasteiger partial charge in [-0.2, -0.15) is 0 Å². The number of carbonyl (C=O) groups excluding carboxylic acids is 1. The summed E-state index contributed by atoms with van der Waals surface area (Å²) in [5, 5.41) is 0. The minimum absolute atomic E-state index is 0.00219. The van der Waals surface area contributed by atoms with Crippen molar-refractivity contribution in [2.45, 2.75) is 18.9 Å². The predicted octanol–water partition coefficient (Wildman–Crippen LogP) is 2.94. The van der Waals surface area contributed by atoms with Crippen molar-refractivity contribution in [3.8, 4) is 11.5 Å². The Hall–Kier alpha value is -2.53. The minimum atomic E-state index is 0.00219. The number of ether oxygens (including phenoxy) is 2. The summed E-state index contributed by atoms with van der Waals surface area (Å²) in [5.41, 5.74) is 2.52. The molecule has 1 aliphatic rings. The number of benzene rings is 2. The van der Waals surface area contributed by atoms with Gasteiger partial charge in [0.05, 0.1) is 7.11 Å². The van der Waals surface area contributed by atoms with Gasteiger partial charge in [0.25, 0.3) is 5.91 Å². The number of nitrogens with zero attached hydrogens (tertiary/aromatic N) is 2. The molecule has 144 valence electrons. The van der Waals surface area contributed by atoms with Gasteiger partial charge in [-0.1, -0.05) is 42.0 Å². The van der Waals surface area contributed by atoms with E-state index in [1.54, 1.807) is 7.11 Å². The first-order valence-electron chi connectivity index (χ1n) is 9.26. The Balaban J connectivity index is 1.67. The standard InChI is InChI=1S/C22H28N2O3/c1-16-9-11-17(12-10-16)18-13-24(14-19(18)23(2)3)22(25)15-27-21-8-6-5-7-20(21)26-4/h5-12,18-19H,13-15H2,1-4H3/t18-,19+/m1/s1. The third-order valence-corrected chi connectivity index (χ3v) is 5.23. The molecule has 0 saturated carbocycles. The number of rotatable bonds is 6. The van der Waals surface area contributed by atoms with Crippen LogP contribution in [0.25, 0.3) is 0 Å². The molecule has 1 amide bonds. The van der Waals surface area contributed by atoms with E-state index in [-0.39, 0.29) is 12.5 Å². The lowest BCUT2D eigenvalue weighted by Crippen LogP contribution is -2.37. The normalized spacial score (nSPS) is 19.4. The Bertz CT molecular complexity index is 773. The van der Waals surface area contributed by atoms with Crippen LogP contribution >= 0.6 is 0 Å². The van der Waals surface area contributed by atoms with Gasteiger partial charge in [0.15, 0.2) is 18.1 Å². The number of likely N-dealkylation sites (N-methyl/N-ethyl adjacent to an activating group) is 1. The summed E-state index contributed by atoms with van der Waals surface area (Å²) in [4.78, 5) is 16.9. The van der Waals surface area contributed by atoms with E-state index in [0.717, 1.165) is 0 Å². The average Bonchev–Trinajstić information content (AvgIpc) is 3.12. The Morgan fingerprint density at radius 3 is 2.37 bits per heavy atom. The second-order valence-corrected chi connectivity index (χ2v) is 7.29. The molecule has 0 unspecified atom stereocenters. The fourth-order valence-electron chi connectivity index (χ4n) is 3.62. The molecule has 0 bridgehead atoms. The number of likely N-dealkylation sites (tertiary alicyclic amines) is 1. The predicted molar refractivity (Wildman–Crippen MR) is 106 cm³/mol. The van der Waals surface area contributed by atoms with E-state index < -0.39 is 0 Å². The summed E-state index contributed by atoms with van der Waals surface area (Å²) in [6.07, 6.45) is 0. The SMILES string of the molecule is COc1ccccc1OCC(=O)N1C[C@H](c2ccc(C)cc2)[C@@H](N(C)C)C1. The fraction of sp³-hybridized carbons (Fsp3) is 0.409. The number of aryl methyl sites for hydroxylation is 1. The zero-order valence-electron chi connectivity index (χ0n) is 16.5. The summed E-state index contributed by atoms with van der Waals surface area (Å²) in [6.45, 7) is 3.52. The van der Waals surface area contributed by atoms with Gasteiger partial charge in [-0.15, -0.1) is 0 Å². The molecule has 0 spiro atoms. The number of amides is 1. The van der Waals surface area contributed by atoms with Gasteiger partial charge in [0, 0.05) is 25.0 Å². The lowest BCUT2D eigenvalue weighted by molar-refractivity contribution is -0.132. The van der Waals surface area contributed by atoms with E-state index in [1.165, 1.54) is 11.1 Å². The fourth-order valence-corrected chi connectivity index (χ4v) is 3.62. The second-order valence-electron chi connectivity index (χ2n) is 7.29. The molecule has 0 aromatic heterocycles. The molecule has 0 aliphatic carbocycles.